The van der Waals surface area contributed by atoms with E-state index in [0.717, 1.165) is 16.6 Å². The Hall–Kier alpha value is -1.92. The van der Waals surface area contributed by atoms with Crippen LogP contribution in [0, 0.1) is 5.92 Å². The predicted octanol–water partition coefficient (Wildman–Crippen LogP) is 5.42. The van der Waals surface area contributed by atoms with Crippen molar-refractivity contribution in [3.05, 3.63) is 58.6 Å². The fraction of sp³-hybridized carbons (Fsp3) is 0.333. The third kappa shape index (κ3) is 6.33. The Labute approximate surface area is 175 Å². The molecule has 144 valence electrons. The third-order valence-electron chi connectivity index (χ3n) is 3.99. The number of ether oxygens (including phenoxy) is 1. The van der Waals surface area contributed by atoms with E-state index in [0.29, 0.717) is 35.5 Å². The quantitative estimate of drug-likeness (QED) is 0.574. The van der Waals surface area contributed by atoms with E-state index in [2.05, 4.69) is 35.1 Å². The van der Waals surface area contributed by atoms with Gasteiger partial charge >= 0.3 is 0 Å². The summed E-state index contributed by atoms with van der Waals surface area (Å²) in [6.45, 7) is 7.49. The number of carbonyl (C=O) groups is 1. The first kappa shape index (κ1) is 21.4. The molecule has 0 atom stereocenters. The van der Waals surface area contributed by atoms with Gasteiger partial charge in [-0.2, -0.15) is 0 Å². The highest BCUT2D eigenvalue weighted by Crippen LogP contribution is 2.24. The largest absolute Gasteiger partial charge is 0.493 e. The van der Waals surface area contributed by atoms with Crippen LogP contribution >= 0.6 is 28.1 Å². The van der Waals surface area contributed by atoms with Crippen LogP contribution in [0.15, 0.2) is 53.0 Å². The van der Waals surface area contributed by atoms with Gasteiger partial charge in [-0.25, -0.2) is 0 Å². The van der Waals surface area contributed by atoms with Crippen molar-refractivity contribution in [2.45, 2.75) is 27.2 Å². The lowest BCUT2D eigenvalue weighted by Gasteiger charge is -2.24. The lowest BCUT2D eigenvalue weighted by Crippen LogP contribution is -2.42. The summed E-state index contributed by atoms with van der Waals surface area (Å²) in [6.07, 6.45) is 0.924. The Bertz CT molecular complexity index is 781. The normalized spacial score (nSPS) is 10.6. The molecule has 0 aliphatic heterocycles. The molecule has 1 N–H and O–H groups in total. The second-order valence-corrected chi connectivity index (χ2v) is 7.81. The molecule has 0 radical (unpaired) electrons. The first-order chi connectivity index (χ1) is 12.9. The van der Waals surface area contributed by atoms with Crippen LogP contribution in [0.2, 0.25) is 0 Å². The molecule has 6 heteroatoms. The molecule has 4 nitrogen and oxygen atoms in total. The molecular formula is C21H25BrN2O2S. The number of benzene rings is 2. The number of nitrogens with one attached hydrogen (secondary N) is 1. The van der Waals surface area contributed by atoms with Crippen LogP contribution in [-0.4, -0.2) is 24.2 Å². The maximum Gasteiger partial charge on any atom is 0.261 e. The highest BCUT2D eigenvalue weighted by atomic mass is 79.9. The van der Waals surface area contributed by atoms with Gasteiger partial charge in [0.2, 0.25) is 0 Å². The summed E-state index contributed by atoms with van der Waals surface area (Å²) in [5.41, 5.74) is 1.40. The van der Waals surface area contributed by atoms with E-state index < -0.39 is 0 Å². The molecule has 27 heavy (non-hydrogen) atoms. The molecule has 0 fully saturated rings. The Kier molecular flexibility index (Phi) is 8.25. The van der Waals surface area contributed by atoms with Crippen molar-refractivity contribution in [2.75, 3.05) is 18.1 Å². The minimum atomic E-state index is -0.282. The maximum absolute atomic E-state index is 12.9. The Morgan fingerprint density at radius 2 is 1.93 bits per heavy atom. The average Bonchev–Trinajstić information content (AvgIpc) is 2.64. The number of para-hydroxylation sites is 1. The van der Waals surface area contributed by atoms with Gasteiger partial charge in [-0.15, -0.1) is 0 Å². The molecule has 0 bridgehead atoms. The van der Waals surface area contributed by atoms with E-state index >= 15 is 0 Å². The van der Waals surface area contributed by atoms with Crippen molar-refractivity contribution < 1.29 is 9.53 Å². The van der Waals surface area contributed by atoms with Gasteiger partial charge in [0.15, 0.2) is 5.11 Å². The van der Waals surface area contributed by atoms with Crippen molar-refractivity contribution >= 4 is 44.9 Å². The fourth-order valence-corrected chi connectivity index (χ4v) is 3.18. The molecule has 0 aliphatic rings. The first-order valence-electron chi connectivity index (χ1n) is 9.02. The van der Waals surface area contributed by atoms with E-state index in [4.69, 9.17) is 17.0 Å². The van der Waals surface area contributed by atoms with Crippen molar-refractivity contribution in [3.8, 4) is 5.75 Å². The summed E-state index contributed by atoms with van der Waals surface area (Å²) in [7, 11) is 0. The Morgan fingerprint density at radius 3 is 2.56 bits per heavy atom. The molecule has 0 spiro atoms. The Balaban J connectivity index is 2.14. The lowest BCUT2D eigenvalue weighted by molar-refractivity contribution is 0.0973. The van der Waals surface area contributed by atoms with Crippen molar-refractivity contribution in [1.82, 2.24) is 5.32 Å². The van der Waals surface area contributed by atoms with E-state index in [1.807, 2.05) is 48.2 Å². The summed E-state index contributed by atoms with van der Waals surface area (Å²) in [6, 6.07) is 15.2. The van der Waals surface area contributed by atoms with Crippen LogP contribution in [-0.2, 0) is 0 Å². The maximum atomic E-state index is 12.9. The summed E-state index contributed by atoms with van der Waals surface area (Å²) < 4.78 is 6.65. The number of carbonyl (C=O) groups excluding carboxylic acids is 1. The number of nitrogens with zero attached hydrogens (tertiary/aromatic N) is 1. The van der Waals surface area contributed by atoms with Gasteiger partial charge in [0.05, 0.1) is 12.2 Å². The van der Waals surface area contributed by atoms with E-state index in [1.54, 1.807) is 12.1 Å². The van der Waals surface area contributed by atoms with Gasteiger partial charge < -0.3 is 9.64 Å². The fourth-order valence-electron chi connectivity index (χ4n) is 2.49. The smallest absolute Gasteiger partial charge is 0.261 e. The van der Waals surface area contributed by atoms with Gasteiger partial charge in [0.1, 0.15) is 5.75 Å². The highest BCUT2D eigenvalue weighted by molar-refractivity contribution is 9.10. The second-order valence-electron chi connectivity index (χ2n) is 6.51. The average molecular weight is 449 g/mol. The molecule has 2 rings (SSSR count). The van der Waals surface area contributed by atoms with E-state index in [1.165, 1.54) is 0 Å². The third-order valence-corrected chi connectivity index (χ3v) is 4.80. The second kappa shape index (κ2) is 10.4. The molecule has 1 amide bonds. The van der Waals surface area contributed by atoms with Crippen molar-refractivity contribution in [2.24, 2.45) is 5.92 Å². The zero-order chi connectivity index (χ0) is 19.8. The number of hydrogen-bond acceptors (Lipinski definition) is 3. The molecule has 0 aliphatic carbocycles. The number of halogens is 1. The van der Waals surface area contributed by atoms with Gasteiger partial charge in [0.25, 0.3) is 5.91 Å². The highest BCUT2D eigenvalue weighted by Gasteiger charge is 2.18. The number of thiocarbonyl (C=S) groups is 1. The zero-order valence-corrected chi connectivity index (χ0v) is 18.3. The number of amides is 1. The van der Waals surface area contributed by atoms with E-state index in [9.17, 15) is 4.79 Å². The molecule has 2 aromatic carbocycles. The minimum absolute atomic E-state index is 0.282. The molecule has 0 saturated carbocycles. The van der Waals surface area contributed by atoms with Gasteiger partial charge in [0, 0.05) is 16.7 Å². The topological polar surface area (TPSA) is 41.6 Å². The van der Waals surface area contributed by atoms with Gasteiger partial charge in [-0.05, 0) is 61.8 Å². The number of rotatable bonds is 7. The van der Waals surface area contributed by atoms with Gasteiger partial charge in [-0.3, -0.25) is 10.1 Å². The summed E-state index contributed by atoms with van der Waals surface area (Å²) >= 11 is 8.89. The van der Waals surface area contributed by atoms with Crippen LogP contribution < -0.4 is 15.0 Å². The van der Waals surface area contributed by atoms with Crippen molar-refractivity contribution in [3.63, 3.8) is 0 Å². The van der Waals surface area contributed by atoms with Crippen LogP contribution in [0.25, 0.3) is 0 Å². The SMILES string of the molecule is CCN(C(=S)NC(=O)c1cc(Br)ccc1OCCC(C)C)c1ccccc1. The lowest BCUT2D eigenvalue weighted by atomic mass is 10.1. The van der Waals surface area contributed by atoms with Crippen molar-refractivity contribution in [1.29, 1.82) is 0 Å². The molecule has 2 aromatic rings. The molecule has 0 unspecified atom stereocenters. The first-order valence-corrected chi connectivity index (χ1v) is 10.2. The predicted molar refractivity (Wildman–Crippen MR) is 119 cm³/mol. The summed E-state index contributed by atoms with van der Waals surface area (Å²) in [5, 5.41) is 3.19. The molecular weight excluding hydrogens is 424 g/mol. The monoisotopic (exact) mass is 448 g/mol. The van der Waals surface area contributed by atoms with Gasteiger partial charge in [-0.1, -0.05) is 48.0 Å². The van der Waals surface area contributed by atoms with E-state index in [-0.39, 0.29) is 5.91 Å². The zero-order valence-electron chi connectivity index (χ0n) is 15.9. The number of anilines is 1. The van der Waals surface area contributed by atoms with Crippen LogP contribution in [0.4, 0.5) is 5.69 Å². The summed E-state index contributed by atoms with van der Waals surface area (Å²) in [4.78, 5) is 14.7. The summed E-state index contributed by atoms with van der Waals surface area (Å²) in [5.74, 6) is 0.812. The molecule has 0 aromatic heterocycles. The number of hydrogen-bond donors (Lipinski definition) is 1. The molecule has 0 heterocycles. The Morgan fingerprint density at radius 1 is 1.22 bits per heavy atom. The van der Waals surface area contributed by atoms with Crippen LogP contribution in [0.1, 0.15) is 37.6 Å². The van der Waals surface area contributed by atoms with Crippen LogP contribution in [0.5, 0.6) is 5.75 Å². The minimum Gasteiger partial charge on any atom is -0.493 e. The molecule has 0 saturated heterocycles. The van der Waals surface area contributed by atoms with Crippen LogP contribution in [0.3, 0.4) is 0 Å². The standard InChI is InChI=1S/C21H25BrN2O2S/c1-4-24(17-8-6-5-7-9-17)21(27)23-20(25)18-14-16(22)10-11-19(18)26-13-12-15(2)3/h5-11,14-15H,4,12-13H2,1-3H3,(H,23,25,27).